The van der Waals surface area contributed by atoms with Gasteiger partial charge in [-0.3, -0.25) is 14.5 Å². The van der Waals surface area contributed by atoms with E-state index >= 15 is 0 Å². The minimum Gasteiger partial charge on any atom is -0.376 e. The first-order chi connectivity index (χ1) is 15.0. The average Bonchev–Trinajstić information content (AvgIpc) is 3.47. The zero-order chi connectivity index (χ0) is 21.8. The van der Waals surface area contributed by atoms with E-state index < -0.39 is 0 Å². The second-order valence-electron chi connectivity index (χ2n) is 8.82. The molecule has 8 heteroatoms. The summed E-state index contributed by atoms with van der Waals surface area (Å²) in [5.74, 6) is 0.418. The Kier molecular flexibility index (Phi) is 7.75. The maximum absolute atomic E-state index is 13.2. The van der Waals surface area contributed by atoms with Crippen LogP contribution in [-0.2, 0) is 9.53 Å². The smallest absolute Gasteiger partial charge is 0.255 e. The average molecular weight is 468 g/mol. The number of carbonyl (C=O) groups excluding carboxylic acids is 2. The molecular formula is C23H31Cl2N3O3. The highest BCUT2D eigenvalue weighted by Gasteiger charge is 2.37. The van der Waals surface area contributed by atoms with Gasteiger partial charge >= 0.3 is 0 Å². The maximum Gasteiger partial charge on any atom is 0.255 e. The van der Waals surface area contributed by atoms with Gasteiger partial charge in [0.25, 0.3) is 5.91 Å². The Morgan fingerprint density at radius 2 is 1.81 bits per heavy atom. The van der Waals surface area contributed by atoms with E-state index in [4.69, 9.17) is 27.9 Å². The number of hydrogen-bond donors (Lipinski definition) is 1. The summed E-state index contributed by atoms with van der Waals surface area (Å²) < 4.78 is 5.66. The third kappa shape index (κ3) is 5.54. The molecule has 0 radical (unpaired) electrons. The first-order valence-corrected chi connectivity index (χ1v) is 12.2. The molecule has 0 unspecified atom stereocenters. The number of rotatable bonds is 6. The van der Waals surface area contributed by atoms with Crippen molar-refractivity contribution in [2.75, 3.05) is 39.3 Å². The van der Waals surface area contributed by atoms with E-state index in [1.807, 2.05) is 4.90 Å². The number of halogens is 2. The van der Waals surface area contributed by atoms with E-state index in [-0.39, 0.29) is 24.0 Å². The lowest BCUT2D eigenvalue weighted by Gasteiger charge is -2.41. The molecule has 3 fully saturated rings. The van der Waals surface area contributed by atoms with Crippen LogP contribution in [0, 0.1) is 5.92 Å². The molecule has 0 spiro atoms. The summed E-state index contributed by atoms with van der Waals surface area (Å²) >= 11 is 12.2. The Hall–Kier alpha value is -1.34. The van der Waals surface area contributed by atoms with Gasteiger partial charge in [-0.05, 0) is 49.8 Å². The highest BCUT2D eigenvalue weighted by atomic mass is 35.5. The minimum absolute atomic E-state index is 0.0819. The van der Waals surface area contributed by atoms with Crippen molar-refractivity contribution in [1.82, 2.24) is 15.1 Å². The summed E-state index contributed by atoms with van der Waals surface area (Å²) in [4.78, 5) is 30.2. The highest BCUT2D eigenvalue weighted by molar-refractivity contribution is 6.36. The minimum atomic E-state index is -0.125. The van der Waals surface area contributed by atoms with E-state index in [1.165, 1.54) is 12.8 Å². The number of amides is 2. The molecule has 1 aliphatic carbocycles. The van der Waals surface area contributed by atoms with Gasteiger partial charge < -0.3 is 15.0 Å². The first kappa shape index (κ1) is 22.8. The molecule has 1 aromatic carbocycles. The van der Waals surface area contributed by atoms with Crippen molar-refractivity contribution in [3.8, 4) is 0 Å². The van der Waals surface area contributed by atoms with Crippen LogP contribution in [0.2, 0.25) is 10.0 Å². The number of nitrogens with one attached hydrogen (secondary N) is 1. The predicted octanol–water partition coefficient (Wildman–Crippen LogP) is 3.61. The number of carbonyl (C=O) groups is 2. The van der Waals surface area contributed by atoms with E-state index in [2.05, 4.69) is 10.2 Å². The summed E-state index contributed by atoms with van der Waals surface area (Å²) in [6, 6.07) is 4.84. The van der Waals surface area contributed by atoms with Crippen molar-refractivity contribution < 1.29 is 14.3 Å². The van der Waals surface area contributed by atoms with Crippen molar-refractivity contribution in [2.24, 2.45) is 5.92 Å². The molecule has 0 bridgehead atoms. The second kappa shape index (κ2) is 10.5. The largest absolute Gasteiger partial charge is 0.376 e. The van der Waals surface area contributed by atoms with Gasteiger partial charge in [0.15, 0.2) is 0 Å². The lowest BCUT2D eigenvalue weighted by Crippen LogP contribution is -2.58. The zero-order valence-corrected chi connectivity index (χ0v) is 19.3. The Morgan fingerprint density at radius 1 is 1.06 bits per heavy atom. The Balaban J connectivity index is 1.37. The third-order valence-electron chi connectivity index (χ3n) is 6.80. The molecule has 4 rings (SSSR count). The topological polar surface area (TPSA) is 61.9 Å². The number of hydrogen-bond acceptors (Lipinski definition) is 4. The van der Waals surface area contributed by atoms with Crippen LogP contribution >= 0.6 is 23.2 Å². The fourth-order valence-electron chi connectivity index (χ4n) is 5.11. The summed E-state index contributed by atoms with van der Waals surface area (Å²) in [5, 5.41) is 4.04. The molecule has 1 aromatic rings. The van der Waals surface area contributed by atoms with Gasteiger partial charge in [0.2, 0.25) is 5.91 Å². The van der Waals surface area contributed by atoms with Crippen LogP contribution in [-0.4, -0.2) is 73.1 Å². The van der Waals surface area contributed by atoms with Crippen LogP contribution in [0.4, 0.5) is 0 Å². The van der Waals surface area contributed by atoms with Gasteiger partial charge in [0.05, 0.1) is 22.7 Å². The number of piperazine rings is 1. The second-order valence-corrected chi connectivity index (χ2v) is 9.67. The Labute approximate surface area is 194 Å². The quantitative estimate of drug-likeness (QED) is 0.693. The van der Waals surface area contributed by atoms with Gasteiger partial charge in [-0.25, -0.2) is 0 Å². The van der Waals surface area contributed by atoms with Crippen LogP contribution < -0.4 is 5.32 Å². The van der Waals surface area contributed by atoms with Crippen LogP contribution in [0.15, 0.2) is 18.2 Å². The standard InChI is InChI=1S/C23H31Cl2N3O3/c24-17-7-8-19(20(25)14-17)23(30)28-11-9-27(10-12-28)21(16-4-1-2-5-16)22(29)26-15-18-6-3-13-31-18/h7-8,14,16,18,21H,1-6,9-13,15H2,(H,26,29)/t18-,21+/m0/s1. The summed E-state index contributed by atoms with van der Waals surface area (Å²) in [7, 11) is 0. The van der Waals surface area contributed by atoms with Crippen molar-refractivity contribution in [1.29, 1.82) is 0 Å². The van der Waals surface area contributed by atoms with Gasteiger partial charge in [0, 0.05) is 44.4 Å². The predicted molar refractivity (Wildman–Crippen MR) is 122 cm³/mol. The van der Waals surface area contributed by atoms with Crippen LogP contribution in [0.1, 0.15) is 48.9 Å². The van der Waals surface area contributed by atoms with Crippen LogP contribution in [0.25, 0.3) is 0 Å². The lowest BCUT2D eigenvalue weighted by molar-refractivity contribution is -0.129. The van der Waals surface area contributed by atoms with Gasteiger partial charge in [-0.15, -0.1) is 0 Å². The fourth-order valence-corrected chi connectivity index (χ4v) is 5.60. The van der Waals surface area contributed by atoms with Crippen molar-refractivity contribution in [3.05, 3.63) is 33.8 Å². The molecule has 6 nitrogen and oxygen atoms in total. The van der Waals surface area contributed by atoms with Crippen LogP contribution in [0.5, 0.6) is 0 Å². The zero-order valence-electron chi connectivity index (χ0n) is 17.8. The van der Waals surface area contributed by atoms with Gasteiger partial charge in [-0.2, -0.15) is 0 Å². The number of nitrogens with zero attached hydrogens (tertiary/aromatic N) is 2. The van der Waals surface area contributed by atoms with Crippen molar-refractivity contribution >= 4 is 35.0 Å². The Bertz CT molecular complexity index is 786. The lowest BCUT2D eigenvalue weighted by atomic mass is 9.94. The third-order valence-corrected chi connectivity index (χ3v) is 7.35. The van der Waals surface area contributed by atoms with Crippen molar-refractivity contribution in [2.45, 2.75) is 50.7 Å². The molecule has 2 amide bonds. The molecule has 2 aliphatic heterocycles. The molecular weight excluding hydrogens is 437 g/mol. The molecule has 0 aromatic heterocycles. The molecule has 170 valence electrons. The summed E-state index contributed by atoms with van der Waals surface area (Å²) in [6.07, 6.45) is 6.80. The summed E-state index contributed by atoms with van der Waals surface area (Å²) in [6.45, 7) is 3.92. The Morgan fingerprint density at radius 3 is 2.45 bits per heavy atom. The van der Waals surface area contributed by atoms with E-state index in [0.29, 0.717) is 54.3 Å². The first-order valence-electron chi connectivity index (χ1n) is 11.4. The molecule has 2 heterocycles. The number of benzene rings is 1. The SMILES string of the molecule is O=C(NC[C@@H]1CCCO1)[C@@H](C1CCCC1)N1CCN(C(=O)c2ccc(Cl)cc2Cl)CC1. The van der Waals surface area contributed by atoms with Gasteiger partial charge in [-0.1, -0.05) is 36.0 Å². The molecule has 3 aliphatic rings. The summed E-state index contributed by atoms with van der Waals surface area (Å²) in [5.41, 5.74) is 0.473. The van der Waals surface area contributed by atoms with E-state index in [9.17, 15) is 9.59 Å². The molecule has 1 saturated carbocycles. The number of ether oxygens (including phenoxy) is 1. The molecule has 31 heavy (non-hydrogen) atoms. The highest BCUT2D eigenvalue weighted by Crippen LogP contribution is 2.31. The monoisotopic (exact) mass is 467 g/mol. The fraction of sp³-hybridized carbons (Fsp3) is 0.652. The van der Waals surface area contributed by atoms with Gasteiger partial charge in [0.1, 0.15) is 0 Å². The normalized spacial score (nSPS) is 23.8. The molecule has 1 N–H and O–H groups in total. The van der Waals surface area contributed by atoms with Crippen LogP contribution in [0.3, 0.4) is 0 Å². The van der Waals surface area contributed by atoms with E-state index in [0.717, 1.165) is 32.3 Å². The van der Waals surface area contributed by atoms with E-state index in [1.54, 1.807) is 18.2 Å². The molecule has 2 saturated heterocycles. The maximum atomic E-state index is 13.2. The van der Waals surface area contributed by atoms with Crippen molar-refractivity contribution in [3.63, 3.8) is 0 Å². The molecule has 2 atom stereocenters.